The van der Waals surface area contributed by atoms with E-state index in [1.54, 1.807) is 36.7 Å². The Bertz CT molecular complexity index is 1000. The molecular formula is C21H21N3O6. The fourth-order valence-electron chi connectivity index (χ4n) is 2.56. The molecule has 30 heavy (non-hydrogen) atoms. The van der Waals surface area contributed by atoms with E-state index in [1.807, 2.05) is 6.07 Å². The van der Waals surface area contributed by atoms with E-state index in [-0.39, 0.29) is 19.0 Å². The quantitative estimate of drug-likeness (QED) is 0.282. The van der Waals surface area contributed by atoms with Gasteiger partial charge >= 0.3 is 5.97 Å². The van der Waals surface area contributed by atoms with Crippen LogP contribution in [0.15, 0.2) is 47.2 Å². The van der Waals surface area contributed by atoms with Crippen LogP contribution >= 0.6 is 0 Å². The van der Waals surface area contributed by atoms with Crippen molar-refractivity contribution >= 4 is 11.8 Å². The third-order valence-corrected chi connectivity index (χ3v) is 4.10. The molecule has 0 aliphatic carbocycles. The summed E-state index contributed by atoms with van der Waals surface area (Å²) in [6.45, 7) is 1.37. The van der Waals surface area contributed by atoms with Gasteiger partial charge < -0.3 is 18.7 Å². The number of rotatable bonds is 10. The lowest BCUT2D eigenvalue weighted by Gasteiger charge is -2.11. The molecular weight excluding hydrogens is 390 g/mol. The number of hydrogen-bond donors (Lipinski definition) is 0. The third-order valence-electron chi connectivity index (χ3n) is 4.10. The van der Waals surface area contributed by atoms with Crippen LogP contribution in [-0.2, 0) is 16.0 Å². The van der Waals surface area contributed by atoms with Crippen LogP contribution in [-0.4, -0.2) is 47.2 Å². The molecule has 0 N–H and O–H groups in total. The van der Waals surface area contributed by atoms with Gasteiger partial charge in [-0.3, -0.25) is 9.78 Å². The number of nitrogens with zero attached hydrogens (tertiary/aromatic N) is 3. The molecule has 2 heterocycles. The molecule has 0 fully saturated rings. The molecule has 0 saturated carbocycles. The van der Waals surface area contributed by atoms with Gasteiger partial charge in [0, 0.05) is 29.9 Å². The number of Topliss-reactive ketones (excluding diaryl/α,β-unsaturated/α-hetero) is 1. The van der Waals surface area contributed by atoms with E-state index in [4.69, 9.17) is 18.7 Å². The maximum atomic E-state index is 11.9. The molecule has 0 bridgehead atoms. The molecule has 0 unspecified atom stereocenters. The molecule has 3 aromatic rings. The normalized spacial score (nSPS) is 10.5. The number of ketones is 1. The molecule has 0 aliphatic rings. The van der Waals surface area contributed by atoms with E-state index in [1.165, 1.54) is 14.0 Å². The molecule has 9 nitrogen and oxygen atoms in total. The minimum absolute atomic E-state index is 0.0898. The van der Waals surface area contributed by atoms with Gasteiger partial charge in [0.1, 0.15) is 0 Å². The van der Waals surface area contributed by atoms with Gasteiger partial charge in [0.15, 0.2) is 23.9 Å². The number of aromatic nitrogens is 3. The summed E-state index contributed by atoms with van der Waals surface area (Å²) in [5, 5.41) is 3.91. The molecule has 156 valence electrons. The zero-order valence-corrected chi connectivity index (χ0v) is 16.7. The number of carbonyl (C=O) groups is 2. The Hall–Kier alpha value is -3.75. The lowest BCUT2D eigenvalue weighted by molar-refractivity contribution is -0.146. The number of methoxy groups -OCH3 is 1. The molecule has 2 aromatic heterocycles. The SMILES string of the molecule is COc1cc(C(C)=O)ccc1OCC(=O)OCCCc1nc(-c2cccnc2)no1. The van der Waals surface area contributed by atoms with Crippen molar-refractivity contribution < 1.29 is 28.3 Å². The maximum absolute atomic E-state index is 11.9. The van der Waals surface area contributed by atoms with Crippen LogP contribution in [0.2, 0.25) is 0 Å². The fraction of sp³-hybridized carbons (Fsp3) is 0.286. The number of esters is 1. The van der Waals surface area contributed by atoms with Crippen molar-refractivity contribution in [2.24, 2.45) is 0 Å². The molecule has 0 saturated heterocycles. The molecule has 9 heteroatoms. The van der Waals surface area contributed by atoms with E-state index < -0.39 is 5.97 Å². The highest BCUT2D eigenvalue weighted by Crippen LogP contribution is 2.28. The standard InChI is InChI=1S/C21H21N3O6/c1-14(25)15-7-8-17(18(11-15)27-2)29-13-20(26)28-10-4-6-19-23-21(24-30-19)16-5-3-9-22-12-16/h3,5,7-9,11-12H,4,6,10,13H2,1-2H3. The number of aryl methyl sites for hydroxylation is 1. The maximum Gasteiger partial charge on any atom is 0.344 e. The molecule has 0 radical (unpaired) electrons. The minimum Gasteiger partial charge on any atom is -0.493 e. The van der Waals surface area contributed by atoms with Crippen LogP contribution in [0.25, 0.3) is 11.4 Å². The van der Waals surface area contributed by atoms with Crippen LogP contribution in [0, 0.1) is 0 Å². The van der Waals surface area contributed by atoms with Crippen LogP contribution in [0.4, 0.5) is 0 Å². The van der Waals surface area contributed by atoms with Gasteiger partial charge in [-0.15, -0.1) is 0 Å². The van der Waals surface area contributed by atoms with Gasteiger partial charge in [-0.1, -0.05) is 5.16 Å². The average Bonchev–Trinajstić information content (AvgIpc) is 3.24. The highest BCUT2D eigenvalue weighted by atomic mass is 16.6. The number of pyridine rings is 1. The summed E-state index contributed by atoms with van der Waals surface area (Å²) in [6, 6.07) is 8.38. The third kappa shape index (κ3) is 5.63. The fourth-order valence-corrected chi connectivity index (χ4v) is 2.56. The molecule has 0 amide bonds. The van der Waals surface area contributed by atoms with E-state index in [9.17, 15) is 9.59 Å². The molecule has 0 aliphatic heterocycles. The van der Waals surface area contributed by atoms with E-state index in [0.29, 0.717) is 41.6 Å². The van der Waals surface area contributed by atoms with Crippen LogP contribution in [0.5, 0.6) is 11.5 Å². The zero-order valence-electron chi connectivity index (χ0n) is 16.7. The largest absolute Gasteiger partial charge is 0.493 e. The highest BCUT2D eigenvalue weighted by Gasteiger charge is 2.12. The van der Waals surface area contributed by atoms with E-state index >= 15 is 0 Å². The van der Waals surface area contributed by atoms with Crippen molar-refractivity contribution in [3.8, 4) is 22.9 Å². The number of carbonyl (C=O) groups excluding carboxylic acids is 2. The first-order valence-corrected chi connectivity index (χ1v) is 9.27. The van der Waals surface area contributed by atoms with Gasteiger partial charge in [0.05, 0.1) is 13.7 Å². The Morgan fingerprint density at radius 1 is 1.17 bits per heavy atom. The van der Waals surface area contributed by atoms with E-state index in [2.05, 4.69) is 15.1 Å². The van der Waals surface area contributed by atoms with Crippen molar-refractivity contribution in [2.45, 2.75) is 19.8 Å². The number of hydrogen-bond acceptors (Lipinski definition) is 9. The first-order chi connectivity index (χ1) is 14.6. The number of benzene rings is 1. The van der Waals surface area contributed by atoms with Crippen LogP contribution in [0.1, 0.15) is 29.6 Å². The second-order valence-corrected chi connectivity index (χ2v) is 6.29. The van der Waals surface area contributed by atoms with Crippen molar-refractivity contribution in [2.75, 3.05) is 20.3 Å². The Morgan fingerprint density at radius 3 is 2.77 bits per heavy atom. The average molecular weight is 411 g/mol. The first-order valence-electron chi connectivity index (χ1n) is 9.27. The predicted molar refractivity (Wildman–Crippen MR) is 105 cm³/mol. The topological polar surface area (TPSA) is 114 Å². The highest BCUT2D eigenvalue weighted by molar-refractivity contribution is 5.94. The minimum atomic E-state index is -0.519. The van der Waals surface area contributed by atoms with Crippen LogP contribution in [0.3, 0.4) is 0 Å². The van der Waals surface area contributed by atoms with Crippen LogP contribution < -0.4 is 9.47 Å². The summed E-state index contributed by atoms with van der Waals surface area (Å²) < 4.78 is 21.0. The van der Waals surface area contributed by atoms with Crippen molar-refractivity contribution in [3.63, 3.8) is 0 Å². The Labute approximate surface area is 173 Å². The van der Waals surface area contributed by atoms with Crippen molar-refractivity contribution in [3.05, 3.63) is 54.2 Å². The predicted octanol–water partition coefficient (Wildman–Crippen LogP) is 2.90. The summed E-state index contributed by atoms with van der Waals surface area (Å²) >= 11 is 0. The lowest BCUT2D eigenvalue weighted by atomic mass is 10.1. The Kier molecular flexibility index (Phi) is 7.09. The molecule has 0 atom stereocenters. The summed E-state index contributed by atoms with van der Waals surface area (Å²) in [5.74, 6) is 1.04. The molecule has 3 rings (SSSR count). The van der Waals surface area contributed by atoms with E-state index in [0.717, 1.165) is 5.56 Å². The summed E-state index contributed by atoms with van der Waals surface area (Å²) in [5.41, 5.74) is 1.26. The van der Waals surface area contributed by atoms with Gasteiger partial charge in [-0.25, -0.2) is 4.79 Å². The Balaban J connectivity index is 1.40. The van der Waals surface area contributed by atoms with Gasteiger partial charge in [-0.2, -0.15) is 4.98 Å². The monoisotopic (exact) mass is 411 g/mol. The summed E-state index contributed by atoms with van der Waals surface area (Å²) in [6.07, 6.45) is 4.32. The number of ether oxygens (including phenoxy) is 3. The first kappa shape index (κ1) is 21.0. The molecule has 0 spiro atoms. The second-order valence-electron chi connectivity index (χ2n) is 6.29. The summed E-state index contributed by atoms with van der Waals surface area (Å²) in [4.78, 5) is 31.6. The van der Waals surface area contributed by atoms with Crippen molar-refractivity contribution in [1.82, 2.24) is 15.1 Å². The Morgan fingerprint density at radius 2 is 2.03 bits per heavy atom. The van der Waals surface area contributed by atoms with Gasteiger partial charge in [-0.05, 0) is 43.7 Å². The summed E-state index contributed by atoms with van der Waals surface area (Å²) in [7, 11) is 1.46. The van der Waals surface area contributed by atoms with Gasteiger partial charge in [0.2, 0.25) is 11.7 Å². The second kappa shape index (κ2) is 10.1. The smallest absolute Gasteiger partial charge is 0.344 e. The lowest BCUT2D eigenvalue weighted by Crippen LogP contribution is -2.16. The molecule has 1 aromatic carbocycles. The van der Waals surface area contributed by atoms with Gasteiger partial charge in [0.25, 0.3) is 0 Å². The van der Waals surface area contributed by atoms with Crippen molar-refractivity contribution in [1.29, 1.82) is 0 Å². The zero-order chi connectivity index (χ0) is 21.3.